The van der Waals surface area contributed by atoms with Gasteiger partial charge in [0, 0.05) is 29.1 Å². The third-order valence-electron chi connectivity index (χ3n) is 3.09. The van der Waals surface area contributed by atoms with E-state index in [4.69, 9.17) is 9.84 Å². The molecule has 1 aliphatic rings. The minimum absolute atomic E-state index is 0.0741. The predicted octanol–water partition coefficient (Wildman–Crippen LogP) is 1.31. The number of aliphatic hydroxyl groups is 1. The van der Waals surface area contributed by atoms with Crippen molar-refractivity contribution in [2.45, 2.75) is 16.8 Å². The van der Waals surface area contributed by atoms with Crippen LogP contribution >= 0.6 is 23.5 Å². The van der Waals surface area contributed by atoms with Crippen molar-refractivity contribution >= 4 is 33.5 Å². The minimum atomic E-state index is -3.64. The lowest BCUT2D eigenvalue weighted by Gasteiger charge is -2.21. The van der Waals surface area contributed by atoms with E-state index in [1.54, 1.807) is 23.9 Å². The van der Waals surface area contributed by atoms with Crippen LogP contribution in [0, 0.1) is 0 Å². The molecule has 1 aliphatic heterocycles. The largest absolute Gasteiger partial charge is 0.495 e. The Balaban J connectivity index is 2.14. The highest BCUT2D eigenvalue weighted by molar-refractivity contribution is 8.06. The van der Waals surface area contributed by atoms with E-state index < -0.39 is 10.0 Å². The highest BCUT2D eigenvalue weighted by Crippen LogP contribution is 2.26. The Hall–Kier alpha value is -0.410. The van der Waals surface area contributed by atoms with Crippen LogP contribution in [0.4, 0.5) is 0 Å². The van der Waals surface area contributed by atoms with Crippen LogP contribution in [-0.4, -0.2) is 49.7 Å². The number of sulfonamides is 1. The fraction of sp³-hybridized carbons (Fsp3) is 0.538. The van der Waals surface area contributed by atoms with Gasteiger partial charge in [0.1, 0.15) is 10.6 Å². The molecule has 1 aromatic carbocycles. The number of aliphatic hydroxyl groups excluding tert-OH is 1. The molecule has 0 spiro atoms. The molecular formula is C13H19NO4S3. The summed E-state index contributed by atoms with van der Waals surface area (Å²) in [4.78, 5) is 0.0741. The third-order valence-corrected chi connectivity index (χ3v) is 7.38. The second kappa shape index (κ2) is 7.73. The maximum atomic E-state index is 12.4. The molecule has 0 aliphatic carbocycles. The van der Waals surface area contributed by atoms with E-state index in [0.717, 1.165) is 17.3 Å². The number of ether oxygens (including phenoxy) is 1. The number of thioether (sulfide) groups is 2. The molecule has 0 aromatic heterocycles. The van der Waals surface area contributed by atoms with Gasteiger partial charge in [0.2, 0.25) is 10.0 Å². The van der Waals surface area contributed by atoms with E-state index in [1.165, 1.54) is 13.2 Å². The quantitative estimate of drug-likeness (QED) is 0.807. The summed E-state index contributed by atoms with van der Waals surface area (Å²) in [5, 5.41) is 9.46. The van der Waals surface area contributed by atoms with Gasteiger partial charge in [-0.15, -0.1) is 0 Å². The monoisotopic (exact) mass is 349 g/mol. The Morgan fingerprint density at radius 3 is 2.86 bits per heavy atom. The van der Waals surface area contributed by atoms with Gasteiger partial charge in [-0.3, -0.25) is 0 Å². The summed E-state index contributed by atoms with van der Waals surface area (Å²) >= 11 is 3.65. The summed E-state index contributed by atoms with van der Waals surface area (Å²) in [5.74, 6) is 3.42. The highest BCUT2D eigenvalue weighted by Gasteiger charge is 2.22. The first-order valence-electron chi connectivity index (χ1n) is 6.53. The molecule has 1 saturated heterocycles. The van der Waals surface area contributed by atoms with Gasteiger partial charge in [-0.25, -0.2) is 13.1 Å². The Morgan fingerprint density at radius 2 is 2.24 bits per heavy atom. The Bertz CT molecular complexity index is 571. The smallest absolute Gasteiger partial charge is 0.244 e. The van der Waals surface area contributed by atoms with Crippen LogP contribution in [0.25, 0.3) is 0 Å². The van der Waals surface area contributed by atoms with Crippen LogP contribution in [0.3, 0.4) is 0 Å². The van der Waals surface area contributed by atoms with Crippen LogP contribution < -0.4 is 9.46 Å². The number of rotatable bonds is 6. The Labute approximate surface area is 133 Å². The van der Waals surface area contributed by atoms with Crippen molar-refractivity contribution in [2.24, 2.45) is 0 Å². The van der Waals surface area contributed by atoms with Crippen molar-refractivity contribution in [1.29, 1.82) is 0 Å². The van der Waals surface area contributed by atoms with Gasteiger partial charge in [-0.05, 0) is 17.7 Å². The molecule has 0 bridgehead atoms. The molecule has 0 amide bonds. The molecule has 0 radical (unpaired) electrons. The molecule has 1 unspecified atom stereocenters. The van der Waals surface area contributed by atoms with Crippen molar-refractivity contribution in [3.05, 3.63) is 23.8 Å². The van der Waals surface area contributed by atoms with Gasteiger partial charge in [-0.1, -0.05) is 6.07 Å². The lowest BCUT2D eigenvalue weighted by atomic mass is 10.2. The van der Waals surface area contributed by atoms with Crippen LogP contribution in [0.15, 0.2) is 23.1 Å². The highest BCUT2D eigenvalue weighted by atomic mass is 32.2. The van der Waals surface area contributed by atoms with Crippen LogP contribution in [0.2, 0.25) is 0 Å². The maximum Gasteiger partial charge on any atom is 0.244 e. The van der Waals surface area contributed by atoms with Gasteiger partial charge >= 0.3 is 0 Å². The number of hydrogen-bond donors (Lipinski definition) is 2. The second-order valence-electron chi connectivity index (χ2n) is 4.56. The lowest BCUT2D eigenvalue weighted by Crippen LogP contribution is -2.33. The molecule has 1 fully saturated rings. The summed E-state index contributed by atoms with van der Waals surface area (Å²) in [6.45, 7) is 0.203. The molecule has 1 heterocycles. The molecule has 2 rings (SSSR count). The van der Waals surface area contributed by atoms with Gasteiger partial charge in [-0.2, -0.15) is 23.5 Å². The topological polar surface area (TPSA) is 75.6 Å². The Morgan fingerprint density at radius 1 is 1.43 bits per heavy atom. The summed E-state index contributed by atoms with van der Waals surface area (Å²) in [5.41, 5.74) is 0.541. The van der Waals surface area contributed by atoms with E-state index in [1.807, 2.05) is 11.8 Å². The summed E-state index contributed by atoms with van der Waals surface area (Å²) in [6.07, 6.45) is 0. The average Bonchev–Trinajstić information content (AvgIpc) is 2.53. The number of methoxy groups -OCH3 is 1. The SMILES string of the molecule is COc1ccc(CO)cc1S(=O)(=O)NCC1CSCCS1. The lowest BCUT2D eigenvalue weighted by molar-refractivity contribution is 0.281. The first-order chi connectivity index (χ1) is 10.1. The van der Waals surface area contributed by atoms with Gasteiger partial charge in [0.25, 0.3) is 0 Å². The summed E-state index contributed by atoms with van der Waals surface area (Å²) in [7, 11) is -2.21. The first-order valence-corrected chi connectivity index (χ1v) is 10.2. The van der Waals surface area contributed by atoms with E-state index in [0.29, 0.717) is 17.4 Å². The van der Waals surface area contributed by atoms with Crippen molar-refractivity contribution in [1.82, 2.24) is 4.72 Å². The third kappa shape index (κ3) is 4.53. The molecule has 1 atom stereocenters. The normalized spacial score (nSPS) is 19.4. The average molecular weight is 349 g/mol. The van der Waals surface area contributed by atoms with Crippen LogP contribution in [-0.2, 0) is 16.6 Å². The van der Waals surface area contributed by atoms with Crippen molar-refractivity contribution in [2.75, 3.05) is 30.9 Å². The van der Waals surface area contributed by atoms with E-state index in [2.05, 4.69) is 4.72 Å². The van der Waals surface area contributed by atoms with E-state index >= 15 is 0 Å². The fourth-order valence-corrected chi connectivity index (χ4v) is 5.98. The van der Waals surface area contributed by atoms with Gasteiger partial charge in [0.05, 0.1) is 13.7 Å². The zero-order valence-electron chi connectivity index (χ0n) is 11.7. The molecule has 21 heavy (non-hydrogen) atoms. The summed E-state index contributed by atoms with van der Waals surface area (Å²) in [6, 6.07) is 4.65. The van der Waals surface area contributed by atoms with E-state index in [-0.39, 0.29) is 17.3 Å². The van der Waals surface area contributed by atoms with Crippen molar-refractivity contribution in [3.8, 4) is 5.75 Å². The predicted molar refractivity (Wildman–Crippen MR) is 87.7 cm³/mol. The number of benzene rings is 1. The molecule has 5 nitrogen and oxygen atoms in total. The summed E-state index contributed by atoms with van der Waals surface area (Å²) < 4.78 is 32.6. The molecule has 2 N–H and O–H groups in total. The Kier molecular flexibility index (Phi) is 6.24. The zero-order chi connectivity index (χ0) is 15.3. The maximum absolute atomic E-state index is 12.4. The van der Waals surface area contributed by atoms with Gasteiger partial charge < -0.3 is 9.84 Å². The fourth-order valence-electron chi connectivity index (χ4n) is 1.96. The molecule has 8 heteroatoms. The van der Waals surface area contributed by atoms with Crippen molar-refractivity contribution in [3.63, 3.8) is 0 Å². The minimum Gasteiger partial charge on any atom is -0.495 e. The molecule has 0 saturated carbocycles. The first kappa shape index (κ1) is 17.0. The standard InChI is InChI=1S/C13H19NO4S3/c1-18-12-3-2-10(8-15)6-13(12)21(16,17)14-7-11-9-19-4-5-20-11/h2-3,6,11,14-15H,4-5,7-9H2,1H3. The number of nitrogens with one attached hydrogen (secondary N) is 1. The van der Waals surface area contributed by atoms with Crippen molar-refractivity contribution < 1.29 is 18.3 Å². The number of hydrogen-bond acceptors (Lipinski definition) is 6. The van der Waals surface area contributed by atoms with Gasteiger partial charge in [0.15, 0.2) is 0 Å². The molecule has 1 aromatic rings. The second-order valence-corrected chi connectivity index (χ2v) is 8.86. The van der Waals surface area contributed by atoms with Crippen LogP contribution in [0.5, 0.6) is 5.75 Å². The van der Waals surface area contributed by atoms with E-state index in [9.17, 15) is 8.42 Å². The zero-order valence-corrected chi connectivity index (χ0v) is 14.2. The molecule has 118 valence electrons. The molecular weight excluding hydrogens is 330 g/mol. The van der Waals surface area contributed by atoms with Crippen LogP contribution in [0.1, 0.15) is 5.56 Å².